The minimum Gasteiger partial charge on any atom is -0.332 e. The average molecular weight is 264 g/mol. The van der Waals surface area contributed by atoms with Crippen LogP contribution in [0, 0.1) is 6.92 Å². The van der Waals surface area contributed by atoms with Crippen molar-refractivity contribution in [3.63, 3.8) is 0 Å². The van der Waals surface area contributed by atoms with Crippen LogP contribution in [0.15, 0.2) is 6.20 Å². The molecule has 2 N–H and O–H groups in total. The van der Waals surface area contributed by atoms with Gasteiger partial charge in [-0.1, -0.05) is 0 Å². The Bertz CT molecular complexity index is 466. The van der Waals surface area contributed by atoms with E-state index >= 15 is 0 Å². The highest BCUT2D eigenvalue weighted by molar-refractivity contribution is 5.77. The molecule has 1 fully saturated rings. The van der Waals surface area contributed by atoms with Crippen LogP contribution in [0.3, 0.4) is 0 Å². The number of rotatable bonds is 2. The van der Waals surface area contributed by atoms with Crippen LogP contribution in [0.2, 0.25) is 0 Å². The molecule has 1 aromatic heterocycles. The fraction of sp³-hybridized carbons (Fsp3) is 0.714. The first-order valence-electron chi connectivity index (χ1n) is 6.98. The third kappa shape index (κ3) is 2.52. The van der Waals surface area contributed by atoms with Gasteiger partial charge in [0.2, 0.25) is 5.91 Å². The number of nitrogens with zero attached hydrogens (tertiary/aromatic N) is 3. The van der Waals surface area contributed by atoms with Gasteiger partial charge in [-0.2, -0.15) is 5.10 Å². The summed E-state index contributed by atoms with van der Waals surface area (Å²) in [4.78, 5) is 14.3. The van der Waals surface area contributed by atoms with Crippen LogP contribution >= 0.6 is 0 Å². The summed E-state index contributed by atoms with van der Waals surface area (Å²) in [6.07, 6.45) is 4.21. The van der Waals surface area contributed by atoms with Gasteiger partial charge in [-0.15, -0.1) is 0 Å². The van der Waals surface area contributed by atoms with E-state index in [9.17, 15) is 4.79 Å². The molecule has 5 nitrogen and oxygen atoms in total. The highest BCUT2D eigenvalue weighted by Gasteiger charge is 2.35. The molecule has 1 amide bonds. The van der Waals surface area contributed by atoms with Gasteiger partial charge in [0.05, 0.1) is 12.2 Å². The zero-order valence-electron chi connectivity index (χ0n) is 12.3. The zero-order chi connectivity index (χ0) is 14.2. The lowest BCUT2D eigenvalue weighted by atomic mass is 9.96. The van der Waals surface area contributed by atoms with Crippen molar-refractivity contribution < 1.29 is 4.79 Å². The predicted octanol–water partition coefficient (Wildman–Crippen LogP) is 1.52. The van der Waals surface area contributed by atoms with Gasteiger partial charge in [-0.25, -0.2) is 0 Å². The zero-order valence-corrected chi connectivity index (χ0v) is 12.3. The van der Waals surface area contributed by atoms with Gasteiger partial charge in [0.15, 0.2) is 0 Å². The summed E-state index contributed by atoms with van der Waals surface area (Å²) in [5.74, 6) is 0.205. The van der Waals surface area contributed by atoms with Crippen molar-refractivity contribution in [1.29, 1.82) is 0 Å². The number of carbonyl (C=O) groups excluding carboxylic acids is 1. The van der Waals surface area contributed by atoms with E-state index in [4.69, 9.17) is 5.73 Å². The van der Waals surface area contributed by atoms with E-state index in [0.717, 1.165) is 24.1 Å². The van der Waals surface area contributed by atoms with E-state index in [-0.39, 0.29) is 24.0 Å². The molecule has 0 aliphatic carbocycles. The van der Waals surface area contributed by atoms with E-state index in [0.29, 0.717) is 6.42 Å². The number of aryl methyl sites for hydroxylation is 1. The van der Waals surface area contributed by atoms with Crippen molar-refractivity contribution in [2.45, 2.75) is 58.2 Å². The lowest BCUT2D eigenvalue weighted by Crippen LogP contribution is -2.45. The SMILES string of the molecule is Cc1c(C2C(N)CCCC(=O)N2C(C)C)cnn1C. The summed E-state index contributed by atoms with van der Waals surface area (Å²) < 4.78 is 1.84. The van der Waals surface area contributed by atoms with Crippen LogP contribution in [0.1, 0.15) is 50.4 Å². The molecule has 106 valence electrons. The van der Waals surface area contributed by atoms with Crippen LogP contribution in [-0.2, 0) is 11.8 Å². The van der Waals surface area contributed by atoms with E-state index in [1.54, 1.807) is 0 Å². The van der Waals surface area contributed by atoms with Crippen LogP contribution < -0.4 is 5.73 Å². The highest BCUT2D eigenvalue weighted by Crippen LogP contribution is 2.33. The van der Waals surface area contributed by atoms with Crippen molar-refractivity contribution in [3.8, 4) is 0 Å². The average Bonchev–Trinajstić information content (AvgIpc) is 2.57. The Morgan fingerprint density at radius 1 is 1.47 bits per heavy atom. The van der Waals surface area contributed by atoms with E-state index in [1.807, 2.05) is 29.7 Å². The minimum atomic E-state index is -0.0521. The number of carbonyl (C=O) groups is 1. The first-order valence-corrected chi connectivity index (χ1v) is 6.98. The summed E-state index contributed by atoms with van der Waals surface area (Å²) in [5, 5.41) is 4.30. The number of hydrogen-bond donors (Lipinski definition) is 1. The Morgan fingerprint density at radius 3 is 2.68 bits per heavy atom. The van der Waals surface area contributed by atoms with E-state index < -0.39 is 0 Å². The molecule has 0 spiro atoms. The Hall–Kier alpha value is -1.36. The number of likely N-dealkylation sites (tertiary alicyclic amines) is 1. The summed E-state index contributed by atoms with van der Waals surface area (Å²) in [5.41, 5.74) is 8.52. The molecule has 1 saturated heterocycles. The molecule has 1 aromatic rings. The smallest absolute Gasteiger partial charge is 0.223 e. The summed E-state index contributed by atoms with van der Waals surface area (Å²) >= 11 is 0. The molecular formula is C14H24N4O. The molecule has 2 unspecified atom stereocenters. The third-order valence-electron chi connectivity index (χ3n) is 4.07. The molecule has 0 radical (unpaired) electrons. The fourth-order valence-corrected chi connectivity index (χ4v) is 2.93. The topological polar surface area (TPSA) is 64.2 Å². The lowest BCUT2D eigenvalue weighted by molar-refractivity contribution is -0.135. The van der Waals surface area contributed by atoms with Gasteiger partial charge in [0, 0.05) is 36.8 Å². The van der Waals surface area contributed by atoms with Gasteiger partial charge in [-0.05, 0) is 33.6 Å². The van der Waals surface area contributed by atoms with Crippen molar-refractivity contribution in [1.82, 2.24) is 14.7 Å². The number of aromatic nitrogens is 2. The standard InChI is InChI=1S/C14H24N4O/c1-9(2)18-13(19)7-5-6-12(15)14(18)11-8-16-17(4)10(11)3/h8-9,12,14H,5-7,15H2,1-4H3. The second-order valence-corrected chi connectivity index (χ2v) is 5.70. The Kier molecular flexibility index (Phi) is 3.94. The molecule has 0 saturated carbocycles. The van der Waals surface area contributed by atoms with Crippen LogP contribution in [0.25, 0.3) is 0 Å². The number of nitrogens with two attached hydrogens (primary N) is 1. The molecule has 5 heteroatoms. The quantitative estimate of drug-likeness (QED) is 0.880. The van der Waals surface area contributed by atoms with Crippen LogP contribution in [0.5, 0.6) is 0 Å². The molecule has 0 aromatic carbocycles. The van der Waals surface area contributed by atoms with Gasteiger partial charge in [0.1, 0.15) is 0 Å². The van der Waals surface area contributed by atoms with Crippen molar-refractivity contribution in [3.05, 3.63) is 17.5 Å². The molecular weight excluding hydrogens is 240 g/mol. The van der Waals surface area contributed by atoms with Gasteiger partial charge < -0.3 is 10.6 Å². The van der Waals surface area contributed by atoms with Gasteiger partial charge in [-0.3, -0.25) is 9.48 Å². The van der Waals surface area contributed by atoms with Crippen molar-refractivity contribution >= 4 is 5.91 Å². The molecule has 1 aliphatic heterocycles. The fourth-order valence-electron chi connectivity index (χ4n) is 2.93. The van der Waals surface area contributed by atoms with E-state index in [2.05, 4.69) is 18.9 Å². The highest BCUT2D eigenvalue weighted by atomic mass is 16.2. The van der Waals surface area contributed by atoms with E-state index in [1.165, 1.54) is 0 Å². The monoisotopic (exact) mass is 264 g/mol. The minimum absolute atomic E-state index is 0.0169. The van der Waals surface area contributed by atoms with Crippen LogP contribution in [-0.4, -0.2) is 32.7 Å². The summed E-state index contributed by atoms with van der Waals surface area (Å²) in [7, 11) is 1.92. The normalized spacial score (nSPS) is 24.9. The van der Waals surface area contributed by atoms with Gasteiger partial charge in [0.25, 0.3) is 0 Å². The number of amides is 1. The molecule has 2 rings (SSSR count). The largest absolute Gasteiger partial charge is 0.332 e. The molecule has 1 aliphatic rings. The second-order valence-electron chi connectivity index (χ2n) is 5.70. The third-order valence-corrected chi connectivity index (χ3v) is 4.07. The maximum atomic E-state index is 12.3. The Labute approximate surface area is 114 Å². The van der Waals surface area contributed by atoms with Gasteiger partial charge >= 0.3 is 0 Å². The molecule has 19 heavy (non-hydrogen) atoms. The maximum Gasteiger partial charge on any atom is 0.223 e. The number of hydrogen-bond acceptors (Lipinski definition) is 3. The Morgan fingerprint density at radius 2 is 2.16 bits per heavy atom. The van der Waals surface area contributed by atoms with Crippen molar-refractivity contribution in [2.24, 2.45) is 12.8 Å². The van der Waals surface area contributed by atoms with Crippen molar-refractivity contribution in [2.75, 3.05) is 0 Å². The Balaban J connectivity index is 2.46. The summed E-state index contributed by atoms with van der Waals surface area (Å²) in [6, 6.07) is 0.0849. The first kappa shape index (κ1) is 14.1. The molecule has 2 atom stereocenters. The second kappa shape index (κ2) is 5.33. The summed E-state index contributed by atoms with van der Waals surface area (Å²) in [6.45, 7) is 6.13. The lowest BCUT2D eigenvalue weighted by Gasteiger charge is -2.36. The van der Waals surface area contributed by atoms with Crippen LogP contribution in [0.4, 0.5) is 0 Å². The molecule has 0 bridgehead atoms. The first-order chi connectivity index (χ1) is 8.93. The molecule has 2 heterocycles. The predicted molar refractivity (Wildman–Crippen MR) is 74.5 cm³/mol. The maximum absolute atomic E-state index is 12.3.